The molecule has 0 saturated carbocycles. The summed E-state index contributed by atoms with van der Waals surface area (Å²) in [5.41, 5.74) is 6.39. The number of fused-ring (bicyclic) bond motifs is 13. The molecule has 0 radical (unpaired) electrons. The molecule has 8 aromatic rings. The van der Waals surface area contributed by atoms with Gasteiger partial charge in [0.05, 0.1) is 35.3 Å². The molecule has 0 spiro atoms. The van der Waals surface area contributed by atoms with Crippen LogP contribution in [0.4, 0.5) is 0 Å². The normalized spacial score (nSPS) is 19.2. The van der Waals surface area contributed by atoms with Crippen LogP contribution in [0.3, 0.4) is 0 Å². The number of aromatic nitrogens is 7. The summed E-state index contributed by atoms with van der Waals surface area (Å²) in [5.74, 6) is -6.66. The molecule has 0 fully saturated rings. The van der Waals surface area contributed by atoms with Gasteiger partial charge in [0.2, 0.25) is 11.0 Å². The molecule has 31 heteroatoms. The van der Waals surface area contributed by atoms with Crippen molar-refractivity contribution in [2.45, 2.75) is 64.1 Å². The third-order valence-electron chi connectivity index (χ3n) is 12.6. The van der Waals surface area contributed by atoms with Gasteiger partial charge in [-0.3, -0.25) is 33.6 Å². The Labute approximate surface area is 486 Å². The number of aliphatic hydroxyl groups is 2. The number of cyclic esters (lactones) is 1. The Morgan fingerprint density at radius 2 is 1.45 bits per heavy atom. The minimum Gasteiger partial charge on any atom is -0.506 e. The van der Waals surface area contributed by atoms with Gasteiger partial charge in [0.15, 0.2) is 6.10 Å². The predicted octanol–water partition coefficient (Wildman–Crippen LogP) is 4.88. The van der Waals surface area contributed by atoms with Crippen molar-refractivity contribution >= 4 is 132 Å². The van der Waals surface area contributed by atoms with E-state index < -0.39 is 89.0 Å². The van der Waals surface area contributed by atoms with Crippen LogP contribution in [0.2, 0.25) is 0 Å². The Hall–Kier alpha value is -8.43. The molecule has 1 aromatic carbocycles. The zero-order valence-electron chi connectivity index (χ0n) is 42.7. The highest BCUT2D eigenvalue weighted by molar-refractivity contribution is 8.14. The lowest BCUT2D eigenvalue weighted by Crippen LogP contribution is -2.52. The number of carbonyl (C=O) groups is 8. The molecule has 7 aromatic heterocycles. The Balaban J connectivity index is 1.11. The van der Waals surface area contributed by atoms with Crippen molar-refractivity contribution in [2.24, 2.45) is 5.73 Å². The first-order valence-electron chi connectivity index (χ1n) is 24.3. The number of H-pyrrole nitrogens is 1. The Morgan fingerprint density at radius 1 is 0.817 bits per heavy atom. The van der Waals surface area contributed by atoms with Gasteiger partial charge in [-0.2, -0.15) is 0 Å². The van der Waals surface area contributed by atoms with Gasteiger partial charge in [0.25, 0.3) is 29.5 Å². The predicted molar refractivity (Wildman–Crippen MR) is 305 cm³/mol. The molecule has 0 aliphatic carbocycles. The number of aromatic amines is 1. The maximum absolute atomic E-state index is 14.5. The summed E-state index contributed by atoms with van der Waals surface area (Å²) in [4.78, 5) is 140. The van der Waals surface area contributed by atoms with Crippen LogP contribution in [0.15, 0.2) is 69.5 Å². The van der Waals surface area contributed by atoms with Crippen LogP contribution in [0, 0.1) is 6.92 Å². The number of aromatic hydroxyl groups is 1. The van der Waals surface area contributed by atoms with Crippen molar-refractivity contribution in [3.8, 4) is 38.4 Å². The molecule has 420 valence electrons. The van der Waals surface area contributed by atoms with Gasteiger partial charge < -0.3 is 57.4 Å². The van der Waals surface area contributed by atoms with Crippen LogP contribution in [-0.2, 0) is 25.7 Å². The third-order valence-corrected chi connectivity index (χ3v) is 18.1. The first-order chi connectivity index (χ1) is 39.2. The Bertz CT molecular complexity index is 3990. The lowest BCUT2D eigenvalue weighted by atomic mass is 10.1. The van der Waals surface area contributed by atoms with Crippen LogP contribution in [0.5, 0.6) is 5.75 Å². The molecule has 12 bridgehead atoms. The first kappa shape index (κ1) is 56.8. The lowest BCUT2D eigenvalue weighted by molar-refractivity contribution is -0.155. The summed E-state index contributed by atoms with van der Waals surface area (Å²) in [6.45, 7) is 7.74. The molecule has 2 aliphatic heterocycles. The fourth-order valence-corrected chi connectivity index (χ4v) is 13.6. The number of nitrogens with one attached hydrogen (secondary N) is 6. The second-order valence-corrected chi connectivity index (χ2v) is 23.5. The van der Waals surface area contributed by atoms with Gasteiger partial charge in [-0.25, -0.2) is 34.7 Å². The fraction of sp³-hybridized carbons (Fsp3) is 0.216. The minimum absolute atomic E-state index is 0.0405. The van der Waals surface area contributed by atoms with E-state index in [0.29, 0.717) is 22.0 Å². The smallest absolute Gasteiger partial charge is 0.335 e. The van der Waals surface area contributed by atoms with Crippen molar-refractivity contribution in [3.63, 3.8) is 0 Å². The van der Waals surface area contributed by atoms with Crippen molar-refractivity contribution in [1.82, 2.24) is 61.5 Å². The number of ether oxygens (including phenoxy) is 1. The van der Waals surface area contributed by atoms with E-state index in [1.54, 1.807) is 37.4 Å². The van der Waals surface area contributed by atoms with E-state index in [2.05, 4.69) is 58.1 Å². The summed E-state index contributed by atoms with van der Waals surface area (Å²) in [6.07, 6.45) is -2.29. The molecular weight excluding hydrogens is 1180 g/mol. The van der Waals surface area contributed by atoms with Crippen LogP contribution < -0.4 is 32.3 Å². The van der Waals surface area contributed by atoms with Crippen molar-refractivity contribution in [3.05, 3.63) is 124 Å². The molecule has 9 heterocycles. The standard InChI is InChI=1S/C51H43N13O12S6/c1-5-23-46-60-28(14-79-46)41(70)56-25-10-33(67)50(74)76-11-21-7-6-8-24-34(21)18(2)35(54-24)51(75)82-17-31(57-42(71)29-15-80-47(25)61-29)48-58-26(12-78-48)37-22(45-59-30(13-77-45)43(72)64-36(20(4)65)44(73)55-23)9-32(66)38(63-37)49-62-27(16-81-49)40(69)53-19(3)39(52)68/h5-9,12-16,20,25,31,33,36,54,65-67H,3,10-11,17H2,1-2,4H3,(H2,52,68)(H,53,69)(H,55,73)(H,56,70)(H,57,71)(H,64,72)/b23-5+/t20-,25-,31-,33+,36-/m0/s1. The number of pyridine rings is 1. The highest BCUT2D eigenvalue weighted by Gasteiger charge is 2.33. The second kappa shape index (κ2) is 23.6. The van der Waals surface area contributed by atoms with Crippen LogP contribution in [-0.4, -0.2) is 121 Å². The van der Waals surface area contributed by atoms with Gasteiger partial charge in [-0.15, -0.1) is 56.7 Å². The molecule has 25 nitrogen and oxygen atoms in total. The summed E-state index contributed by atoms with van der Waals surface area (Å²) < 4.78 is 5.63. The van der Waals surface area contributed by atoms with Gasteiger partial charge >= 0.3 is 5.97 Å². The average Bonchev–Trinajstić information content (AvgIpc) is 4.37. The summed E-state index contributed by atoms with van der Waals surface area (Å²) in [5, 5.41) is 55.1. The molecule has 5 atom stereocenters. The number of thiazole rings is 5. The van der Waals surface area contributed by atoms with E-state index in [0.717, 1.165) is 68.4 Å². The summed E-state index contributed by atoms with van der Waals surface area (Å²) in [6, 6.07) is 2.64. The van der Waals surface area contributed by atoms with Crippen molar-refractivity contribution in [1.29, 1.82) is 0 Å². The van der Waals surface area contributed by atoms with Gasteiger partial charge in [-0.05, 0) is 44.0 Å². The van der Waals surface area contributed by atoms with E-state index in [9.17, 15) is 53.7 Å². The topological polar surface area (TPSA) is 386 Å². The largest absolute Gasteiger partial charge is 0.506 e. The molecule has 2 aliphatic rings. The number of rotatable bonds is 5. The number of aliphatic hydroxyl groups excluding tert-OH is 2. The maximum Gasteiger partial charge on any atom is 0.335 e. The number of hydrogen-bond donors (Lipinski definition) is 10. The van der Waals surface area contributed by atoms with E-state index in [4.69, 9.17) is 20.4 Å². The zero-order valence-corrected chi connectivity index (χ0v) is 47.6. The van der Waals surface area contributed by atoms with E-state index >= 15 is 0 Å². The minimum atomic E-state index is -1.84. The molecule has 10 rings (SSSR count). The summed E-state index contributed by atoms with van der Waals surface area (Å²) >= 11 is 5.73. The molecular formula is C51H43N13O12S6. The van der Waals surface area contributed by atoms with Crippen molar-refractivity contribution in [2.75, 3.05) is 5.75 Å². The average molecular weight is 1220 g/mol. The zero-order chi connectivity index (χ0) is 58.3. The first-order valence-corrected chi connectivity index (χ1v) is 29.7. The number of hydrogen-bond acceptors (Lipinski definition) is 24. The van der Waals surface area contributed by atoms with Crippen molar-refractivity contribution < 1.29 is 58.4 Å². The number of nitrogens with zero attached hydrogens (tertiary/aromatic N) is 6. The number of thioether (sulfide) groups is 1. The Morgan fingerprint density at radius 3 is 2.17 bits per heavy atom. The SMILES string of the molecule is C=C(NC(=O)c1csc(-c2nc3c(cc2O)-c2nc(cs2)C(=O)N[C@@H]([C@H](C)O)C(=O)N/C(=C/C)c2nc(cs2)C(=O)N[C@H]2C[C@@H](O)C(=O)OCc4cccc5[nH]c(c(C)c45)C(=O)SC[C@H](NC(=O)c4csc2n4)c2nc-3cs2)n1)C(N)=O. The van der Waals surface area contributed by atoms with Gasteiger partial charge in [-0.1, -0.05) is 36.5 Å². The number of aryl methyl sites for hydroxylation is 1. The quantitative estimate of drug-likeness (QED) is 0.0810. The van der Waals surface area contributed by atoms with Gasteiger partial charge in [0.1, 0.15) is 83.3 Å². The molecule has 6 amide bonds. The third kappa shape index (κ3) is 11.7. The molecule has 0 saturated heterocycles. The lowest BCUT2D eigenvalue weighted by Gasteiger charge is -2.21. The summed E-state index contributed by atoms with van der Waals surface area (Å²) in [7, 11) is 0. The molecule has 0 unspecified atom stereocenters. The van der Waals surface area contributed by atoms with Gasteiger partial charge in [0, 0.05) is 55.5 Å². The molecule has 11 N–H and O–H groups in total. The maximum atomic E-state index is 14.5. The van der Waals surface area contributed by atoms with E-state index in [1.807, 2.05) is 0 Å². The highest BCUT2D eigenvalue weighted by Crippen LogP contribution is 2.42. The van der Waals surface area contributed by atoms with Crippen LogP contribution >= 0.6 is 68.4 Å². The van der Waals surface area contributed by atoms with E-state index in [1.165, 1.54) is 40.6 Å². The second-order valence-electron chi connectivity index (χ2n) is 18.2. The number of primary amides is 1. The highest BCUT2D eigenvalue weighted by atomic mass is 32.2. The molecule has 82 heavy (non-hydrogen) atoms. The van der Waals surface area contributed by atoms with Crippen LogP contribution in [0.1, 0.15) is 111 Å². The number of carbonyl (C=O) groups excluding carboxylic acids is 8. The number of esters is 1. The number of benzene rings is 1. The number of amides is 6. The monoisotopic (exact) mass is 1220 g/mol. The number of nitrogens with two attached hydrogens (primary N) is 1. The van der Waals surface area contributed by atoms with Crippen LogP contribution in [0.25, 0.3) is 49.3 Å². The van der Waals surface area contributed by atoms with E-state index in [-0.39, 0.29) is 99.9 Å². The number of allylic oxidation sites excluding steroid dienone is 1. The fourth-order valence-electron chi connectivity index (χ4n) is 8.44. The Kier molecular flexibility index (Phi) is 16.3.